The summed E-state index contributed by atoms with van der Waals surface area (Å²) in [5.41, 5.74) is -0.206. The fraction of sp³-hybridized carbons (Fsp3) is 0.176. The average molecular weight is 611 g/mol. The monoisotopic (exact) mass is 610 g/mol. The molecule has 1 aliphatic rings. The molecule has 0 N–H and O–H groups in total. The number of benzene rings is 4. The van der Waals surface area contributed by atoms with E-state index in [2.05, 4.69) is 4.98 Å². The third-order valence-corrected chi connectivity index (χ3v) is 15.3. The molecular formula is C34H32N2O3P2S. The van der Waals surface area contributed by atoms with Crippen LogP contribution in [0.25, 0.3) is 0 Å². The topological polar surface area (TPSA) is 61.2 Å². The molecule has 1 fully saturated rings. The lowest BCUT2D eigenvalue weighted by atomic mass is 10.1. The van der Waals surface area contributed by atoms with Crippen molar-refractivity contribution in [1.82, 2.24) is 9.55 Å². The maximum Gasteiger partial charge on any atom is 0.269 e. The average Bonchev–Trinajstić information content (AvgIpc) is 3.73. The Morgan fingerprint density at radius 3 is 1.67 bits per heavy atom. The second kappa shape index (κ2) is 12.4. The van der Waals surface area contributed by atoms with Gasteiger partial charge in [0, 0.05) is 51.4 Å². The number of ether oxygens (including phenoxy) is 1. The molecular weight excluding hydrogens is 578 g/mol. The second-order valence-electron chi connectivity index (χ2n) is 10.7. The van der Waals surface area contributed by atoms with Gasteiger partial charge in [-0.3, -0.25) is 4.57 Å². The summed E-state index contributed by atoms with van der Waals surface area (Å²) in [5.74, 6) is -0.150. The van der Waals surface area contributed by atoms with Gasteiger partial charge in [0.15, 0.2) is 0 Å². The predicted octanol–water partition coefficient (Wildman–Crippen LogP) is 6.21. The summed E-state index contributed by atoms with van der Waals surface area (Å²) in [6.07, 6.45) is 6.17. The van der Waals surface area contributed by atoms with E-state index in [1.165, 1.54) is 0 Å². The van der Waals surface area contributed by atoms with E-state index in [4.69, 9.17) is 17.0 Å². The Bertz CT molecular complexity index is 1630. The Morgan fingerprint density at radius 1 is 0.738 bits per heavy atom. The van der Waals surface area contributed by atoms with Gasteiger partial charge in [-0.1, -0.05) is 121 Å². The predicted molar refractivity (Wildman–Crippen MR) is 176 cm³/mol. The van der Waals surface area contributed by atoms with Gasteiger partial charge in [0.2, 0.25) is 0 Å². The summed E-state index contributed by atoms with van der Waals surface area (Å²) in [4.78, 5) is 4.12. The number of hydrogen-bond donors (Lipinski definition) is 0. The Labute approximate surface area is 252 Å². The molecule has 1 aromatic heterocycles. The molecule has 6 rings (SSSR count). The lowest BCUT2D eigenvalue weighted by molar-refractivity contribution is 0.154. The molecule has 0 unspecified atom stereocenters. The molecule has 42 heavy (non-hydrogen) atoms. The minimum Gasteiger partial charge on any atom is -0.467 e. The van der Waals surface area contributed by atoms with Gasteiger partial charge in [0.05, 0.1) is 0 Å². The number of thiocarbonyl (C=S) groups is 1. The number of rotatable bonds is 8. The molecule has 0 amide bonds. The van der Waals surface area contributed by atoms with Gasteiger partial charge in [-0.25, -0.2) is 4.98 Å². The molecule has 5 aromatic rings. The summed E-state index contributed by atoms with van der Waals surface area (Å²) >= 11 is 5.67. The molecule has 0 radical (unpaired) electrons. The first-order chi connectivity index (χ1) is 20.5. The standard InChI is InChI=1S/C34H32N2O3P2S/c37-40(28-13-5-1-6-14-28,29-15-7-2-8-16-29)25-27-23-32(24-33(27)39-34(42)36-22-21-35-26-36)41(38,30-17-9-3-10-18-30)31-19-11-4-12-20-31/h1-22,26-27,32-33H,23-25H2/t27-,32+,33+/m1/s1. The zero-order valence-electron chi connectivity index (χ0n) is 23.1. The molecule has 8 heteroatoms. The van der Waals surface area contributed by atoms with Gasteiger partial charge in [0.25, 0.3) is 5.17 Å². The van der Waals surface area contributed by atoms with Crippen LogP contribution in [0.15, 0.2) is 140 Å². The van der Waals surface area contributed by atoms with Crippen LogP contribution in [0.2, 0.25) is 0 Å². The van der Waals surface area contributed by atoms with Crippen molar-refractivity contribution >= 4 is 52.9 Å². The minimum atomic E-state index is -3.09. The summed E-state index contributed by atoms with van der Waals surface area (Å²) < 4.78 is 38.7. The SMILES string of the molecule is O=P(C[C@H]1C[C@H](P(=O)(c2ccccc2)c2ccccc2)C[C@@H]1OC(=S)n1ccnc1)(c1ccccc1)c1ccccc1. The maximum absolute atomic E-state index is 15.4. The minimum absolute atomic E-state index is 0.150. The van der Waals surface area contributed by atoms with Gasteiger partial charge in [-0.15, -0.1) is 0 Å². The van der Waals surface area contributed by atoms with Crippen LogP contribution in [0, 0.1) is 5.92 Å². The van der Waals surface area contributed by atoms with Crippen molar-refractivity contribution in [1.29, 1.82) is 0 Å². The van der Waals surface area contributed by atoms with E-state index in [-0.39, 0.29) is 22.9 Å². The number of aromatic nitrogens is 2. The molecule has 3 atom stereocenters. The van der Waals surface area contributed by atoms with E-state index in [0.717, 1.165) is 21.2 Å². The molecule has 0 bridgehead atoms. The largest absolute Gasteiger partial charge is 0.467 e. The highest BCUT2D eigenvalue weighted by Gasteiger charge is 2.49. The van der Waals surface area contributed by atoms with Gasteiger partial charge >= 0.3 is 0 Å². The van der Waals surface area contributed by atoms with E-state index in [9.17, 15) is 0 Å². The summed E-state index contributed by atoms with van der Waals surface area (Å²) in [6, 6.07) is 38.9. The Hall–Kier alpha value is -3.56. The molecule has 212 valence electrons. The molecule has 4 aromatic carbocycles. The van der Waals surface area contributed by atoms with Crippen LogP contribution in [-0.2, 0) is 13.9 Å². The summed E-state index contributed by atoms with van der Waals surface area (Å²) in [6.45, 7) is 0. The van der Waals surface area contributed by atoms with Crippen LogP contribution >= 0.6 is 26.5 Å². The lowest BCUT2D eigenvalue weighted by Crippen LogP contribution is -2.30. The van der Waals surface area contributed by atoms with E-state index in [1.54, 1.807) is 23.3 Å². The third-order valence-electron chi connectivity index (χ3n) is 8.20. The quantitative estimate of drug-likeness (QED) is 0.155. The van der Waals surface area contributed by atoms with Crippen molar-refractivity contribution < 1.29 is 13.9 Å². The van der Waals surface area contributed by atoms with E-state index in [1.807, 2.05) is 121 Å². The third kappa shape index (κ3) is 5.60. The van der Waals surface area contributed by atoms with Gasteiger partial charge in [-0.2, -0.15) is 0 Å². The van der Waals surface area contributed by atoms with Crippen molar-refractivity contribution in [2.24, 2.45) is 5.92 Å². The van der Waals surface area contributed by atoms with Crippen LogP contribution in [0.3, 0.4) is 0 Å². The lowest BCUT2D eigenvalue weighted by Gasteiger charge is -2.27. The van der Waals surface area contributed by atoms with Crippen molar-refractivity contribution in [3.05, 3.63) is 140 Å². The molecule has 0 aliphatic heterocycles. The van der Waals surface area contributed by atoms with E-state index in [0.29, 0.717) is 19.0 Å². The maximum atomic E-state index is 15.4. The van der Waals surface area contributed by atoms with E-state index >= 15 is 9.13 Å². The Balaban J connectivity index is 1.42. The van der Waals surface area contributed by atoms with Crippen LogP contribution in [0.4, 0.5) is 0 Å². The summed E-state index contributed by atoms with van der Waals surface area (Å²) in [7, 11) is -6.16. The summed E-state index contributed by atoms with van der Waals surface area (Å²) in [5, 5.41) is 3.56. The van der Waals surface area contributed by atoms with Crippen LogP contribution in [0.1, 0.15) is 12.8 Å². The number of imidazole rings is 1. The Morgan fingerprint density at radius 2 is 1.21 bits per heavy atom. The first-order valence-corrected chi connectivity index (χ1v) is 18.2. The zero-order chi connectivity index (χ0) is 29.0. The molecule has 0 spiro atoms. The van der Waals surface area contributed by atoms with Gasteiger partial charge < -0.3 is 13.9 Å². The highest BCUT2D eigenvalue weighted by Crippen LogP contribution is 2.58. The van der Waals surface area contributed by atoms with Crippen molar-refractivity contribution in [2.45, 2.75) is 24.6 Å². The molecule has 0 saturated heterocycles. The fourth-order valence-electron chi connectivity index (χ4n) is 6.15. The number of nitrogens with zero attached hydrogens (tertiary/aromatic N) is 2. The zero-order valence-corrected chi connectivity index (χ0v) is 25.7. The molecule has 5 nitrogen and oxygen atoms in total. The van der Waals surface area contributed by atoms with Crippen molar-refractivity contribution in [3.63, 3.8) is 0 Å². The molecule has 1 aliphatic carbocycles. The number of hydrogen-bond acceptors (Lipinski definition) is 5. The first-order valence-electron chi connectivity index (χ1n) is 14.1. The smallest absolute Gasteiger partial charge is 0.269 e. The van der Waals surface area contributed by atoms with Crippen molar-refractivity contribution in [2.75, 3.05) is 6.16 Å². The second-order valence-corrected chi connectivity index (χ2v) is 17.0. The highest BCUT2D eigenvalue weighted by molar-refractivity contribution is 7.80. The Kier molecular flexibility index (Phi) is 8.40. The van der Waals surface area contributed by atoms with Crippen LogP contribution in [0.5, 0.6) is 0 Å². The van der Waals surface area contributed by atoms with E-state index < -0.39 is 14.3 Å². The van der Waals surface area contributed by atoms with Gasteiger partial charge in [0.1, 0.15) is 26.7 Å². The first kappa shape index (κ1) is 28.6. The van der Waals surface area contributed by atoms with Crippen LogP contribution < -0.4 is 21.2 Å². The van der Waals surface area contributed by atoms with Crippen molar-refractivity contribution in [3.8, 4) is 0 Å². The molecule has 1 heterocycles. The fourth-order valence-corrected chi connectivity index (χ4v) is 12.9. The van der Waals surface area contributed by atoms with Crippen LogP contribution in [-0.4, -0.2) is 32.7 Å². The highest BCUT2D eigenvalue weighted by atomic mass is 32.1. The van der Waals surface area contributed by atoms with Gasteiger partial charge in [-0.05, 0) is 25.1 Å². The normalized spacial score (nSPS) is 18.9. The molecule has 1 saturated carbocycles.